The third kappa shape index (κ3) is 4.23. The summed E-state index contributed by atoms with van der Waals surface area (Å²) < 4.78 is 16.7. The maximum absolute atomic E-state index is 13.2. The predicted molar refractivity (Wildman–Crippen MR) is 117 cm³/mol. The van der Waals surface area contributed by atoms with Crippen molar-refractivity contribution in [3.63, 3.8) is 0 Å². The van der Waals surface area contributed by atoms with E-state index in [4.69, 9.17) is 14.2 Å². The first-order valence-corrected chi connectivity index (χ1v) is 10.3. The topological polar surface area (TPSA) is 68.3 Å². The third-order valence-electron chi connectivity index (χ3n) is 5.15. The molecule has 1 heterocycles. The molecular weight excluding hydrogens is 452 g/mol. The summed E-state index contributed by atoms with van der Waals surface area (Å²) in [6, 6.07) is 9.16. The van der Waals surface area contributed by atoms with Gasteiger partial charge in [-0.2, -0.15) is 0 Å². The number of carbonyl (C=O) groups excluding carboxylic acids is 2. The second kappa shape index (κ2) is 9.38. The number of halogens is 1. The molecule has 1 fully saturated rings. The molecule has 8 heteroatoms. The lowest BCUT2D eigenvalue weighted by Gasteiger charge is -2.35. The fourth-order valence-electron chi connectivity index (χ4n) is 3.44. The summed E-state index contributed by atoms with van der Waals surface area (Å²) >= 11 is 3.46. The molecule has 0 N–H and O–H groups in total. The van der Waals surface area contributed by atoms with Crippen LogP contribution in [0.15, 0.2) is 34.8 Å². The van der Waals surface area contributed by atoms with Gasteiger partial charge in [-0.25, -0.2) is 0 Å². The Morgan fingerprint density at radius 3 is 1.87 bits per heavy atom. The summed E-state index contributed by atoms with van der Waals surface area (Å²) in [5.41, 5.74) is 2.19. The first-order valence-electron chi connectivity index (χ1n) is 9.55. The van der Waals surface area contributed by atoms with Crippen molar-refractivity contribution in [1.82, 2.24) is 9.80 Å². The van der Waals surface area contributed by atoms with Crippen LogP contribution in [0.3, 0.4) is 0 Å². The van der Waals surface area contributed by atoms with Crippen molar-refractivity contribution in [3.05, 3.63) is 51.5 Å². The fraction of sp³-hybridized carbons (Fsp3) is 0.364. The molecule has 0 radical (unpaired) electrons. The summed E-state index contributed by atoms with van der Waals surface area (Å²) in [7, 11) is 4.53. The molecule has 0 spiro atoms. The third-order valence-corrected chi connectivity index (χ3v) is 5.94. The van der Waals surface area contributed by atoms with Gasteiger partial charge in [0.05, 0.1) is 31.4 Å². The van der Waals surface area contributed by atoms with Crippen LogP contribution in [0.25, 0.3) is 0 Å². The van der Waals surface area contributed by atoms with Gasteiger partial charge in [-0.3, -0.25) is 9.59 Å². The van der Waals surface area contributed by atoms with Crippen LogP contribution in [-0.2, 0) is 0 Å². The lowest BCUT2D eigenvalue weighted by atomic mass is 10.1. The van der Waals surface area contributed by atoms with E-state index in [2.05, 4.69) is 15.9 Å². The van der Waals surface area contributed by atoms with Gasteiger partial charge < -0.3 is 24.0 Å². The van der Waals surface area contributed by atoms with Crippen LogP contribution in [0.5, 0.6) is 17.2 Å². The number of hydrogen-bond acceptors (Lipinski definition) is 5. The van der Waals surface area contributed by atoms with E-state index in [1.807, 2.05) is 31.2 Å². The molecule has 3 rings (SSSR count). The molecule has 1 saturated heterocycles. The number of aryl methyl sites for hydroxylation is 1. The highest BCUT2D eigenvalue weighted by atomic mass is 79.9. The van der Waals surface area contributed by atoms with Crippen LogP contribution < -0.4 is 14.2 Å². The van der Waals surface area contributed by atoms with Crippen LogP contribution in [0.1, 0.15) is 26.3 Å². The van der Waals surface area contributed by atoms with Crippen molar-refractivity contribution in [1.29, 1.82) is 0 Å². The highest BCUT2D eigenvalue weighted by molar-refractivity contribution is 9.10. The molecular formula is C22H25BrN2O5. The maximum atomic E-state index is 13.2. The average molecular weight is 477 g/mol. The zero-order valence-electron chi connectivity index (χ0n) is 17.5. The van der Waals surface area contributed by atoms with Gasteiger partial charge in [-0.05, 0) is 41.1 Å². The van der Waals surface area contributed by atoms with Crippen molar-refractivity contribution < 1.29 is 23.8 Å². The van der Waals surface area contributed by atoms with Gasteiger partial charge in [0.25, 0.3) is 11.8 Å². The second-order valence-electron chi connectivity index (χ2n) is 6.96. The first kappa shape index (κ1) is 22.0. The number of hydrogen-bond donors (Lipinski definition) is 0. The zero-order valence-corrected chi connectivity index (χ0v) is 19.1. The van der Waals surface area contributed by atoms with E-state index < -0.39 is 0 Å². The number of benzene rings is 2. The minimum absolute atomic E-state index is 0.0175. The largest absolute Gasteiger partial charge is 0.493 e. The van der Waals surface area contributed by atoms with E-state index in [1.54, 1.807) is 15.9 Å². The highest BCUT2D eigenvalue weighted by Crippen LogP contribution is 2.45. The fourth-order valence-corrected chi connectivity index (χ4v) is 4.06. The molecule has 7 nitrogen and oxygen atoms in total. The van der Waals surface area contributed by atoms with Crippen LogP contribution in [0.4, 0.5) is 0 Å². The Labute approximate surface area is 184 Å². The molecule has 0 saturated carbocycles. The Hall–Kier alpha value is -2.74. The van der Waals surface area contributed by atoms with Gasteiger partial charge >= 0.3 is 0 Å². The average Bonchev–Trinajstić information content (AvgIpc) is 2.78. The lowest BCUT2D eigenvalue weighted by Crippen LogP contribution is -2.50. The van der Waals surface area contributed by atoms with Crippen molar-refractivity contribution in [2.24, 2.45) is 0 Å². The molecule has 2 aromatic rings. The monoisotopic (exact) mass is 476 g/mol. The van der Waals surface area contributed by atoms with Gasteiger partial charge in [0.15, 0.2) is 11.5 Å². The van der Waals surface area contributed by atoms with Gasteiger partial charge in [0.1, 0.15) is 0 Å². The van der Waals surface area contributed by atoms with Gasteiger partial charge in [-0.1, -0.05) is 17.7 Å². The summed E-state index contributed by atoms with van der Waals surface area (Å²) in [4.78, 5) is 29.4. The molecule has 160 valence electrons. The van der Waals surface area contributed by atoms with Crippen molar-refractivity contribution in [2.75, 3.05) is 47.5 Å². The number of ether oxygens (including phenoxy) is 3. The summed E-state index contributed by atoms with van der Waals surface area (Å²) in [5, 5.41) is 0. The molecule has 1 aliphatic rings. The number of methoxy groups -OCH3 is 3. The number of piperazine rings is 1. The Bertz CT molecular complexity index is 938. The first-order chi connectivity index (χ1) is 14.4. The standard InChI is InChI=1S/C22H25BrN2O5/c1-14-5-7-15(8-6-14)21(26)24-9-11-25(12-10-24)22(27)16-13-17(28-2)19(29-3)20(30-4)18(16)23/h5-8,13H,9-12H2,1-4H3. The number of rotatable bonds is 5. The second-order valence-corrected chi connectivity index (χ2v) is 7.75. The summed E-state index contributed by atoms with van der Waals surface area (Å²) in [5.74, 6) is 1.04. The minimum Gasteiger partial charge on any atom is -0.493 e. The molecule has 0 aromatic heterocycles. The zero-order chi connectivity index (χ0) is 21.8. The SMILES string of the molecule is COc1cc(C(=O)N2CCN(C(=O)c3ccc(C)cc3)CC2)c(Br)c(OC)c1OC. The van der Waals surface area contributed by atoms with Crippen LogP contribution >= 0.6 is 15.9 Å². The molecule has 2 aromatic carbocycles. The van der Waals surface area contributed by atoms with Crippen molar-refractivity contribution >= 4 is 27.7 Å². The molecule has 30 heavy (non-hydrogen) atoms. The van der Waals surface area contributed by atoms with E-state index >= 15 is 0 Å². The van der Waals surface area contributed by atoms with E-state index in [0.717, 1.165) is 5.56 Å². The quantitative estimate of drug-likeness (QED) is 0.661. The minimum atomic E-state index is -0.163. The van der Waals surface area contributed by atoms with Crippen molar-refractivity contribution in [3.8, 4) is 17.2 Å². The van der Waals surface area contributed by atoms with Crippen LogP contribution in [0.2, 0.25) is 0 Å². The summed E-state index contributed by atoms with van der Waals surface area (Å²) in [6.07, 6.45) is 0. The van der Waals surface area contributed by atoms with Crippen LogP contribution in [0, 0.1) is 6.92 Å². The van der Waals surface area contributed by atoms with E-state index in [0.29, 0.717) is 59.0 Å². The Balaban J connectivity index is 1.75. The Morgan fingerprint density at radius 2 is 1.37 bits per heavy atom. The lowest BCUT2D eigenvalue weighted by molar-refractivity contribution is 0.0534. The van der Waals surface area contributed by atoms with E-state index in [1.165, 1.54) is 21.3 Å². The molecule has 2 amide bonds. The molecule has 0 unspecified atom stereocenters. The molecule has 0 bridgehead atoms. The normalized spacial score (nSPS) is 13.8. The smallest absolute Gasteiger partial charge is 0.255 e. The van der Waals surface area contributed by atoms with Gasteiger partial charge in [-0.15, -0.1) is 0 Å². The maximum Gasteiger partial charge on any atom is 0.255 e. The Morgan fingerprint density at radius 1 is 0.833 bits per heavy atom. The van der Waals surface area contributed by atoms with Crippen molar-refractivity contribution in [2.45, 2.75) is 6.92 Å². The number of nitrogens with zero attached hydrogens (tertiary/aromatic N) is 2. The van der Waals surface area contributed by atoms with E-state index in [9.17, 15) is 9.59 Å². The van der Waals surface area contributed by atoms with Gasteiger partial charge in [0, 0.05) is 31.7 Å². The van der Waals surface area contributed by atoms with Crippen LogP contribution in [-0.4, -0.2) is 69.1 Å². The molecule has 0 aliphatic carbocycles. The highest BCUT2D eigenvalue weighted by Gasteiger charge is 2.29. The predicted octanol–water partition coefficient (Wildman–Crippen LogP) is 3.38. The Kier molecular flexibility index (Phi) is 6.87. The van der Waals surface area contributed by atoms with E-state index in [-0.39, 0.29) is 11.8 Å². The van der Waals surface area contributed by atoms with Gasteiger partial charge in [0.2, 0.25) is 5.75 Å². The number of amides is 2. The summed E-state index contributed by atoms with van der Waals surface area (Å²) in [6.45, 7) is 3.82. The molecule has 1 aliphatic heterocycles. The molecule has 0 atom stereocenters. The number of carbonyl (C=O) groups is 2.